The predicted molar refractivity (Wildman–Crippen MR) is 97.2 cm³/mol. The lowest BCUT2D eigenvalue weighted by atomic mass is 10.1. The molecule has 0 bridgehead atoms. The van der Waals surface area contributed by atoms with Crippen LogP contribution < -0.4 is 10.6 Å². The maximum absolute atomic E-state index is 12.7. The van der Waals surface area contributed by atoms with Crippen LogP contribution >= 0.6 is 0 Å². The Morgan fingerprint density at radius 2 is 1.78 bits per heavy atom. The first-order valence-electron chi connectivity index (χ1n) is 7.79. The second-order valence-corrected chi connectivity index (χ2v) is 7.54. The van der Waals surface area contributed by atoms with Crippen LogP contribution in [0, 0.1) is 0 Å². The van der Waals surface area contributed by atoms with Crippen molar-refractivity contribution in [3.63, 3.8) is 0 Å². The van der Waals surface area contributed by atoms with Gasteiger partial charge in [-0.05, 0) is 24.3 Å². The van der Waals surface area contributed by atoms with Crippen LogP contribution in [-0.4, -0.2) is 48.7 Å². The van der Waals surface area contributed by atoms with Gasteiger partial charge in [0.25, 0.3) is 21.8 Å². The highest BCUT2D eigenvalue weighted by Gasteiger charge is 2.37. The lowest BCUT2D eigenvalue weighted by Crippen LogP contribution is -2.37. The molecule has 140 valence electrons. The molecule has 0 saturated heterocycles. The van der Waals surface area contributed by atoms with E-state index in [0.29, 0.717) is 4.31 Å². The van der Waals surface area contributed by atoms with E-state index in [4.69, 9.17) is 0 Å². The van der Waals surface area contributed by atoms with E-state index in [2.05, 4.69) is 15.6 Å². The van der Waals surface area contributed by atoms with Gasteiger partial charge in [0.2, 0.25) is 0 Å². The number of nitrogens with one attached hydrogen (secondary N) is 2. The summed E-state index contributed by atoms with van der Waals surface area (Å²) in [6.45, 7) is 0. The molecule has 1 aliphatic heterocycles. The van der Waals surface area contributed by atoms with Gasteiger partial charge in [0, 0.05) is 19.7 Å². The molecular formula is C17H16N4O5S. The SMILES string of the molecule is CNC(=O)c1cccc(NC(=O)C2=C(O)c3ccccc3S(=O)(=O)N2C)n1. The number of benzene rings is 1. The van der Waals surface area contributed by atoms with E-state index in [0.717, 1.165) is 0 Å². The third-order valence-corrected chi connectivity index (χ3v) is 5.80. The van der Waals surface area contributed by atoms with Crippen molar-refractivity contribution < 1.29 is 23.1 Å². The van der Waals surface area contributed by atoms with Crippen molar-refractivity contribution >= 4 is 33.4 Å². The lowest BCUT2D eigenvalue weighted by molar-refractivity contribution is -0.113. The van der Waals surface area contributed by atoms with Crippen molar-refractivity contribution in [2.75, 3.05) is 19.4 Å². The number of fused-ring (bicyclic) bond motifs is 1. The molecule has 0 spiro atoms. The fourth-order valence-electron chi connectivity index (χ4n) is 2.62. The van der Waals surface area contributed by atoms with Gasteiger partial charge in [-0.3, -0.25) is 13.9 Å². The minimum absolute atomic E-state index is 0.0334. The van der Waals surface area contributed by atoms with E-state index in [1.807, 2.05) is 0 Å². The average molecular weight is 388 g/mol. The van der Waals surface area contributed by atoms with Crippen molar-refractivity contribution in [2.45, 2.75) is 4.90 Å². The van der Waals surface area contributed by atoms with Crippen molar-refractivity contribution in [1.82, 2.24) is 14.6 Å². The molecule has 0 aliphatic carbocycles. The summed E-state index contributed by atoms with van der Waals surface area (Å²) >= 11 is 0. The van der Waals surface area contributed by atoms with Gasteiger partial charge in [-0.25, -0.2) is 13.4 Å². The third-order valence-electron chi connectivity index (χ3n) is 3.99. The maximum atomic E-state index is 12.7. The highest BCUT2D eigenvalue weighted by Crippen LogP contribution is 2.34. The summed E-state index contributed by atoms with van der Waals surface area (Å²) in [6.07, 6.45) is 0. The van der Waals surface area contributed by atoms with Gasteiger partial charge in [0.05, 0.1) is 4.90 Å². The van der Waals surface area contributed by atoms with Crippen molar-refractivity contribution in [2.24, 2.45) is 0 Å². The molecule has 27 heavy (non-hydrogen) atoms. The Balaban J connectivity index is 2.01. The molecule has 1 aromatic carbocycles. The topological polar surface area (TPSA) is 129 Å². The number of likely N-dealkylation sites (N-methyl/N-ethyl adjacent to an activating group) is 1. The van der Waals surface area contributed by atoms with Crippen LogP contribution in [0.5, 0.6) is 0 Å². The van der Waals surface area contributed by atoms with E-state index in [1.54, 1.807) is 6.07 Å². The van der Waals surface area contributed by atoms with Gasteiger partial charge in [-0.1, -0.05) is 18.2 Å². The number of aromatic nitrogens is 1. The Bertz CT molecular complexity index is 1080. The van der Waals surface area contributed by atoms with Crippen LogP contribution in [0.3, 0.4) is 0 Å². The molecule has 10 heteroatoms. The van der Waals surface area contributed by atoms with E-state index in [9.17, 15) is 23.1 Å². The normalized spacial score (nSPS) is 15.1. The van der Waals surface area contributed by atoms with E-state index >= 15 is 0 Å². The fourth-order valence-corrected chi connectivity index (χ4v) is 4.01. The first-order valence-corrected chi connectivity index (χ1v) is 9.23. The number of rotatable bonds is 3. The summed E-state index contributed by atoms with van der Waals surface area (Å²) in [4.78, 5) is 28.2. The molecule has 2 heterocycles. The molecule has 2 amide bonds. The van der Waals surface area contributed by atoms with E-state index < -0.39 is 33.3 Å². The van der Waals surface area contributed by atoms with Crippen LogP contribution in [0.4, 0.5) is 5.82 Å². The van der Waals surface area contributed by atoms with Crippen LogP contribution in [0.25, 0.3) is 5.76 Å². The van der Waals surface area contributed by atoms with Gasteiger partial charge in [-0.15, -0.1) is 0 Å². The molecule has 0 fully saturated rings. The quantitative estimate of drug-likeness (QED) is 0.718. The molecule has 0 saturated carbocycles. The van der Waals surface area contributed by atoms with Gasteiger partial charge in [0.1, 0.15) is 11.5 Å². The largest absolute Gasteiger partial charge is 0.505 e. The van der Waals surface area contributed by atoms with Gasteiger partial charge < -0.3 is 15.7 Å². The molecule has 1 aliphatic rings. The summed E-state index contributed by atoms with van der Waals surface area (Å²) in [5.74, 6) is -1.76. The number of aliphatic hydroxyl groups excluding tert-OH is 1. The average Bonchev–Trinajstić information content (AvgIpc) is 2.66. The molecule has 0 radical (unpaired) electrons. The fraction of sp³-hybridized carbons (Fsp3) is 0.118. The monoisotopic (exact) mass is 388 g/mol. The first-order chi connectivity index (χ1) is 12.8. The Labute approximate surface area is 155 Å². The highest BCUT2D eigenvalue weighted by atomic mass is 32.2. The molecule has 1 aromatic heterocycles. The number of nitrogens with zero attached hydrogens (tertiary/aromatic N) is 2. The third kappa shape index (κ3) is 3.10. The molecule has 0 atom stereocenters. The van der Waals surface area contributed by atoms with Crippen LogP contribution in [-0.2, 0) is 14.8 Å². The predicted octanol–water partition coefficient (Wildman–Crippen LogP) is 0.941. The number of aliphatic hydroxyl groups is 1. The van der Waals surface area contributed by atoms with Gasteiger partial charge in [-0.2, -0.15) is 0 Å². The Morgan fingerprint density at radius 1 is 1.07 bits per heavy atom. The number of sulfonamides is 1. The number of carbonyl (C=O) groups excluding carboxylic acids is 2. The van der Waals surface area contributed by atoms with Crippen molar-refractivity contribution in [3.05, 3.63) is 59.4 Å². The first kappa shape index (κ1) is 18.4. The number of carbonyl (C=O) groups is 2. The Hall–Kier alpha value is -3.40. The zero-order chi connectivity index (χ0) is 19.8. The molecule has 2 aromatic rings. The summed E-state index contributed by atoms with van der Waals surface area (Å²) in [6, 6.07) is 10.2. The molecule has 3 N–H and O–H groups in total. The van der Waals surface area contributed by atoms with E-state index in [-0.39, 0.29) is 22.0 Å². The summed E-state index contributed by atoms with van der Waals surface area (Å²) in [5, 5.41) is 15.3. The zero-order valence-electron chi connectivity index (χ0n) is 14.4. The number of anilines is 1. The van der Waals surface area contributed by atoms with Crippen LogP contribution in [0.15, 0.2) is 53.1 Å². The summed E-state index contributed by atoms with van der Waals surface area (Å²) < 4.78 is 26.0. The maximum Gasteiger partial charge on any atom is 0.277 e. The summed E-state index contributed by atoms with van der Waals surface area (Å²) in [7, 11) is -1.38. The second kappa shape index (κ2) is 6.72. The molecule has 9 nitrogen and oxygen atoms in total. The zero-order valence-corrected chi connectivity index (χ0v) is 15.2. The standard InChI is InChI=1S/C17H16N4O5S/c1-18-16(23)11-7-5-9-13(19-11)20-17(24)14-15(22)10-6-3-4-8-12(10)27(25,26)21(14)2/h3-9,22H,1-2H3,(H,18,23)(H,19,20,24). The minimum atomic E-state index is -4.00. The van der Waals surface area contributed by atoms with Crippen LogP contribution in [0.2, 0.25) is 0 Å². The molecule has 3 rings (SSSR count). The number of hydrogen-bond acceptors (Lipinski definition) is 6. The lowest BCUT2D eigenvalue weighted by Gasteiger charge is -2.28. The number of pyridine rings is 1. The minimum Gasteiger partial charge on any atom is -0.505 e. The van der Waals surface area contributed by atoms with Crippen molar-refractivity contribution in [1.29, 1.82) is 0 Å². The van der Waals surface area contributed by atoms with E-state index in [1.165, 1.54) is 50.5 Å². The second-order valence-electron chi connectivity index (χ2n) is 5.61. The molecule has 0 unspecified atom stereocenters. The summed E-state index contributed by atoms with van der Waals surface area (Å²) in [5.41, 5.74) is -0.336. The van der Waals surface area contributed by atoms with Gasteiger partial charge >= 0.3 is 0 Å². The number of amides is 2. The van der Waals surface area contributed by atoms with Gasteiger partial charge in [0.15, 0.2) is 11.5 Å². The molecular weight excluding hydrogens is 372 g/mol. The van der Waals surface area contributed by atoms with Crippen molar-refractivity contribution in [3.8, 4) is 0 Å². The van der Waals surface area contributed by atoms with Crippen LogP contribution in [0.1, 0.15) is 16.1 Å². The Kier molecular flexibility index (Phi) is 4.58. The number of hydrogen-bond donors (Lipinski definition) is 3. The highest BCUT2D eigenvalue weighted by molar-refractivity contribution is 7.89. The smallest absolute Gasteiger partial charge is 0.277 e. The Morgan fingerprint density at radius 3 is 2.48 bits per heavy atom.